The van der Waals surface area contributed by atoms with Crippen molar-refractivity contribution in [3.63, 3.8) is 0 Å². The Kier molecular flexibility index (Phi) is 12.2. The third kappa shape index (κ3) is 9.03. The molecule has 1 N–H and O–H groups in total. The summed E-state index contributed by atoms with van der Waals surface area (Å²) in [5.74, 6) is -0.700. The molecule has 1 aliphatic rings. The average molecular weight is 556 g/mol. The third-order valence-electron chi connectivity index (χ3n) is 6.10. The number of carbonyl (C=O) groups excluding carboxylic acids is 3. The second-order valence-electron chi connectivity index (χ2n) is 8.94. The van der Waals surface area contributed by atoms with Crippen LogP contribution in [0.5, 0.6) is 0 Å². The SMILES string of the molecule is CCCCOC(=O)N1CCN(C(=O)[C@H](C#P=O)NC(=O)c2cc(CCCOC)nc(-c3ccccc3)n2)CC1. The number of piperazine rings is 1. The van der Waals surface area contributed by atoms with E-state index in [1.807, 2.05) is 37.3 Å². The van der Waals surface area contributed by atoms with Crippen LogP contribution in [0, 0.1) is 5.63 Å². The number of carbonyl (C=O) groups is 3. The van der Waals surface area contributed by atoms with Gasteiger partial charge in [0.25, 0.3) is 0 Å². The van der Waals surface area contributed by atoms with Crippen molar-refractivity contribution in [1.29, 1.82) is 0 Å². The fourth-order valence-electron chi connectivity index (χ4n) is 3.95. The summed E-state index contributed by atoms with van der Waals surface area (Å²) in [4.78, 5) is 50.7. The van der Waals surface area contributed by atoms with Gasteiger partial charge in [-0.15, -0.1) is 0 Å². The number of aryl methyl sites for hydroxylation is 1. The van der Waals surface area contributed by atoms with E-state index < -0.39 is 31.9 Å². The van der Waals surface area contributed by atoms with E-state index in [2.05, 4.69) is 20.9 Å². The number of rotatable bonds is 11. The van der Waals surface area contributed by atoms with Crippen LogP contribution >= 0.6 is 7.92 Å². The number of nitrogens with zero attached hydrogens (tertiary/aromatic N) is 4. The van der Waals surface area contributed by atoms with Crippen molar-refractivity contribution in [1.82, 2.24) is 25.1 Å². The number of hydrogen-bond donors (Lipinski definition) is 1. The molecule has 12 heteroatoms. The van der Waals surface area contributed by atoms with Gasteiger partial charge in [-0.3, -0.25) is 0 Å². The average Bonchev–Trinajstić information content (AvgIpc) is 2.97. The molecule has 0 bridgehead atoms. The van der Waals surface area contributed by atoms with Crippen LogP contribution in [-0.2, 0) is 25.3 Å². The van der Waals surface area contributed by atoms with Crippen LogP contribution in [0.15, 0.2) is 36.4 Å². The van der Waals surface area contributed by atoms with Gasteiger partial charge in [-0.1, -0.05) is 6.92 Å². The molecular formula is C27H34N5O6P. The van der Waals surface area contributed by atoms with E-state index in [9.17, 15) is 18.9 Å². The normalized spacial score (nSPS) is 13.8. The molecule has 0 radical (unpaired) electrons. The molecule has 3 rings (SSSR count). The minimum absolute atomic E-state index is 0.0816. The molecule has 11 nitrogen and oxygen atoms in total. The summed E-state index contributed by atoms with van der Waals surface area (Å²) in [7, 11) is 1.09. The number of ether oxygens (including phenoxy) is 2. The summed E-state index contributed by atoms with van der Waals surface area (Å²) in [6.07, 6.45) is 2.59. The first kappa shape index (κ1) is 30.0. The number of methoxy groups -OCH3 is 1. The molecule has 2 aromatic rings. The number of benzene rings is 1. The van der Waals surface area contributed by atoms with Gasteiger partial charge >= 0.3 is 222 Å². The van der Waals surface area contributed by atoms with Crippen LogP contribution in [-0.4, -0.2) is 90.2 Å². The zero-order valence-electron chi connectivity index (χ0n) is 22.3. The van der Waals surface area contributed by atoms with Gasteiger partial charge in [-0.05, 0) is 0 Å². The molecule has 0 saturated carbocycles. The summed E-state index contributed by atoms with van der Waals surface area (Å²) in [5, 5.41) is 2.60. The van der Waals surface area contributed by atoms with E-state index in [0.717, 1.165) is 18.4 Å². The summed E-state index contributed by atoms with van der Waals surface area (Å²) in [5.41, 5.74) is 3.96. The van der Waals surface area contributed by atoms with Gasteiger partial charge in [0.1, 0.15) is 0 Å². The van der Waals surface area contributed by atoms with Crippen molar-refractivity contribution in [2.24, 2.45) is 0 Å². The summed E-state index contributed by atoms with van der Waals surface area (Å²) in [6.45, 7) is 4.00. The van der Waals surface area contributed by atoms with Gasteiger partial charge in [0.05, 0.1) is 0 Å². The first-order chi connectivity index (χ1) is 19.0. The molecule has 1 saturated heterocycles. The standard InChI is InChI=1S/C27H34N5O6P/c1-3-4-17-38-27(35)32-14-12-31(13-15-32)26(34)23(19-39-36)30-25(33)22-18-21(11-8-16-37-2)28-24(29-22)20-9-6-5-7-10-20/h5-7,9-10,18,23H,3-4,8,11-17H2,1-2H3,(H,30,33)/t23-/m0/s1. The molecule has 0 spiro atoms. The fourth-order valence-corrected chi connectivity index (χ4v) is 4.23. The predicted octanol–water partition coefficient (Wildman–Crippen LogP) is 3.15. The van der Waals surface area contributed by atoms with Crippen LogP contribution in [0.3, 0.4) is 0 Å². The van der Waals surface area contributed by atoms with Gasteiger partial charge in [0, 0.05) is 0 Å². The van der Waals surface area contributed by atoms with Crippen LogP contribution in [0.1, 0.15) is 42.4 Å². The maximum atomic E-state index is 13.2. The van der Waals surface area contributed by atoms with E-state index in [-0.39, 0.29) is 18.8 Å². The Bertz CT molecular complexity index is 1230. The second kappa shape index (κ2) is 15.8. The minimum atomic E-state index is -1.26. The summed E-state index contributed by atoms with van der Waals surface area (Å²) in [6, 6.07) is 9.60. The first-order valence-electron chi connectivity index (χ1n) is 13.0. The predicted molar refractivity (Wildman–Crippen MR) is 145 cm³/mol. The van der Waals surface area contributed by atoms with Crippen LogP contribution < -0.4 is 5.32 Å². The molecule has 39 heavy (non-hydrogen) atoms. The number of unbranched alkanes of at least 4 members (excludes halogenated alkanes) is 1. The Morgan fingerprint density at radius 1 is 1.05 bits per heavy atom. The van der Waals surface area contributed by atoms with E-state index in [1.165, 1.54) is 4.90 Å². The molecule has 1 atom stereocenters. The van der Waals surface area contributed by atoms with Crippen molar-refractivity contribution in [3.8, 4) is 17.0 Å². The van der Waals surface area contributed by atoms with Crippen molar-refractivity contribution in [2.75, 3.05) is 46.5 Å². The Labute approximate surface area is 229 Å². The number of aromatic nitrogens is 2. The zero-order valence-corrected chi connectivity index (χ0v) is 23.2. The topological polar surface area (TPSA) is 131 Å². The first-order valence-corrected chi connectivity index (χ1v) is 13.8. The molecule has 3 amide bonds. The van der Waals surface area contributed by atoms with Crippen molar-refractivity contribution in [3.05, 3.63) is 47.8 Å². The molecule has 1 aliphatic heterocycles. The Hall–Kier alpha value is -3.52. The summed E-state index contributed by atoms with van der Waals surface area (Å²) < 4.78 is 21.8. The number of nitrogens with one attached hydrogen (secondary N) is 1. The Morgan fingerprint density at radius 2 is 1.77 bits per heavy atom. The van der Waals surface area contributed by atoms with Crippen LogP contribution in [0.2, 0.25) is 0 Å². The van der Waals surface area contributed by atoms with Crippen molar-refractivity contribution < 1.29 is 28.4 Å². The van der Waals surface area contributed by atoms with Gasteiger partial charge in [-0.25, -0.2) is 0 Å². The molecule has 1 aromatic heterocycles. The fraction of sp³-hybridized carbons (Fsp3) is 0.481. The monoisotopic (exact) mass is 555 g/mol. The quantitative estimate of drug-likeness (QED) is 0.331. The zero-order chi connectivity index (χ0) is 28.0. The molecular weight excluding hydrogens is 521 g/mol. The van der Waals surface area contributed by atoms with Gasteiger partial charge in [0.2, 0.25) is 0 Å². The summed E-state index contributed by atoms with van der Waals surface area (Å²) >= 11 is 0. The van der Waals surface area contributed by atoms with Gasteiger partial charge in [-0.2, -0.15) is 0 Å². The number of amides is 3. The van der Waals surface area contributed by atoms with Gasteiger partial charge in [0.15, 0.2) is 0 Å². The third-order valence-corrected chi connectivity index (χ3v) is 6.47. The van der Waals surface area contributed by atoms with Crippen molar-refractivity contribution in [2.45, 2.75) is 38.6 Å². The maximum absolute atomic E-state index is 13.2. The van der Waals surface area contributed by atoms with Crippen molar-refractivity contribution >= 4 is 25.8 Å². The molecule has 1 aromatic carbocycles. The Morgan fingerprint density at radius 3 is 2.44 bits per heavy atom. The van der Waals surface area contributed by atoms with Crippen LogP contribution in [0.25, 0.3) is 11.4 Å². The van der Waals surface area contributed by atoms with E-state index >= 15 is 0 Å². The molecule has 2 heterocycles. The van der Waals surface area contributed by atoms with E-state index in [1.54, 1.807) is 18.1 Å². The molecule has 0 aliphatic carbocycles. The number of hydrogen-bond acceptors (Lipinski definition) is 8. The molecule has 208 valence electrons. The van der Waals surface area contributed by atoms with Gasteiger partial charge < -0.3 is 0 Å². The van der Waals surface area contributed by atoms with E-state index in [4.69, 9.17) is 9.47 Å². The second-order valence-corrected chi connectivity index (χ2v) is 9.38. The molecule has 1 fully saturated rings. The van der Waals surface area contributed by atoms with E-state index in [0.29, 0.717) is 50.7 Å². The van der Waals surface area contributed by atoms with Crippen LogP contribution in [0.4, 0.5) is 4.79 Å². The Balaban J connectivity index is 1.71. The molecule has 0 unspecified atom stereocenters.